The summed E-state index contributed by atoms with van der Waals surface area (Å²) in [4.78, 5) is 11.8. The lowest BCUT2D eigenvalue weighted by Crippen LogP contribution is -2.57. The van der Waals surface area contributed by atoms with Crippen molar-refractivity contribution in [3.63, 3.8) is 0 Å². The van der Waals surface area contributed by atoms with Gasteiger partial charge in [-0.2, -0.15) is 0 Å². The molecule has 4 fully saturated rings. The van der Waals surface area contributed by atoms with Gasteiger partial charge in [-0.05, 0) is 25.8 Å². The van der Waals surface area contributed by atoms with Crippen LogP contribution < -0.4 is 5.32 Å². The van der Waals surface area contributed by atoms with E-state index in [0.717, 1.165) is 13.0 Å². The molecule has 1 N–H and O–H groups in total. The van der Waals surface area contributed by atoms with Crippen LogP contribution in [0.15, 0.2) is 0 Å². The molecule has 5 nitrogen and oxygen atoms in total. The SMILES string of the molecule is CC1(OC(=O)C2C3CNC2C3)CS(=O)(=O)C1. The van der Waals surface area contributed by atoms with E-state index in [2.05, 4.69) is 5.32 Å². The standard InChI is InChI=1S/C10H15NO4S/c1-10(4-16(13,14)5-10)15-9(12)8-6-2-7(8)11-3-6/h6-8,11H,2-5H2,1H3. The van der Waals surface area contributed by atoms with Crippen molar-refractivity contribution in [2.45, 2.75) is 25.0 Å². The van der Waals surface area contributed by atoms with E-state index in [-0.39, 0.29) is 29.4 Å². The van der Waals surface area contributed by atoms with Crippen LogP contribution in [-0.4, -0.2) is 44.1 Å². The van der Waals surface area contributed by atoms with Crippen LogP contribution >= 0.6 is 0 Å². The number of hydrogen-bond acceptors (Lipinski definition) is 5. The van der Waals surface area contributed by atoms with Gasteiger partial charge >= 0.3 is 5.97 Å². The van der Waals surface area contributed by atoms with E-state index in [1.807, 2.05) is 0 Å². The molecule has 1 saturated carbocycles. The Kier molecular flexibility index (Phi) is 1.96. The highest BCUT2D eigenvalue weighted by Gasteiger charge is 2.55. The number of carbonyl (C=O) groups excluding carboxylic acids is 1. The summed E-state index contributed by atoms with van der Waals surface area (Å²) in [6, 6.07) is 0.262. The van der Waals surface area contributed by atoms with Gasteiger partial charge in [-0.1, -0.05) is 0 Å². The summed E-state index contributed by atoms with van der Waals surface area (Å²) in [5.41, 5.74) is -0.773. The van der Waals surface area contributed by atoms with Gasteiger partial charge in [0.25, 0.3) is 0 Å². The van der Waals surface area contributed by atoms with Crippen LogP contribution in [0, 0.1) is 11.8 Å². The molecular weight excluding hydrogens is 230 g/mol. The zero-order valence-corrected chi connectivity index (χ0v) is 9.92. The second kappa shape index (κ2) is 2.98. The summed E-state index contributed by atoms with van der Waals surface area (Å²) in [6.07, 6.45) is 1.05. The molecule has 3 heterocycles. The van der Waals surface area contributed by atoms with Crippen molar-refractivity contribution in [2.75, 3.05) is 18.1 Å². The molecule has 6 heteroatoms. The van der Waals surface area contributed by atoms with Crippen molar-refractivity contribution in [3.8, 4) is 0 Å². The zero-order chi connectivity index (χ0) is 11.6. The minimum Gasteiger partial charge on any atom is -0.457 e. The van der Waals surface area contributed by atoms with Crippen LogP contribution in [0.2, 0.25) is 0 Å². The number of carbonyl (C=O) groups is 1. The maximum Gasteiger partial charge on any atom is 0.311 e. The third kappa shape index (κ3) is 1.47. The van der Waals surface area contributed by atoms with Crippen LogP contribution in [0.4, 0.5) is 0 Å². The van der Waals surface area contributed by atoms with E-state index >= 15 is 0 Å². The minimum absolute atomic E-state index is 0.0266. The highest BCUT2D eigenvalue weighted by atomic mass is 32.2. The molecule has 3 saturated heterocycles. The lowest BCUT2D eigenvalue weighted by Gasteiger charge is -2.40. The second-order valence-corrected chi connectivity index (χ2v) is 7.50. The van der Waals surface area contributed by atoms with Gasteiger partial charge < -0.3 is 10.1 Å². The largest absolute Gasteiger partial charge is 0.457 e. The number of ether oxygens (including phenoxy) is 1. The van der Waals surface area contributed by atoms with Crippen LogP contribution in [0.25, 0.3) is 0 Å². The molecule has 0 radical (unpaired) electrons. The number of hydrogen-bond donors (Lipinski definition) is 1. The first kappa shape index (κ1) is 10.5. The van der Waals surface area contributed by atoms with E-state index < -0.39 is 15.4 Å². The Morgan fingerprint density at radius 2 is 2.12 bits per heavy atom. The summed E-state index contributed by atoms with van der Waals surface area (Å²) in [5.74, 6) is 0.0872. The highest BCUT2D eigenvalue weighted by Crippen LogP contribution is 2.42. The maximum absolute atomic E-state index is 11.8. The Bertz CT molecular complexity index is 418. The Hall–Kier alpha value is -0.620. The lowest BCUT2D eigenvalue weighted by molar-refractivity contribution is -0.165. The van der Waals surface area contributed by atoms with Crippen LogP contribution in [0.1, 0.15) is 13.3 Å². The van der Waals surface area contributed by atoms with Gasteiger partial charge in [0.2, 0.25) is 0 Å². The average molecular weight is 245 g/mol. The molecule has 2 bridgehead atoms. The third-order valence-corrected chi connectivity index (χ3v) is 5.91. The van der Waals surface area contributed by atoms with E-state index in [1.54, 1.807) is 6.92 Å². The molecule has 4 aliphatic rings. The molecule has 4 rings (SSSR count). The van der Waals surface area contributed by atoms with Gasteiger partial charge in [-0.15, -0.1) is 0 Å². The fourth-order valence-electron chi connectivity index (χ4n) is 3.09. The predicted octanol–water partition coefficient (Wildman–Crippen LogP) is -0.675. The van der Waals surface area contributed by atoms with Gasteiger partial charge in [0, 0.05) is 6.04 Å². The second-order valence-electron chi connectivity index (χ2n) is 5.44. The maximum atomic E-state index is 11.8. The molecular formula is C10H15NO4S. The molecule has 0 aromatic rings. The number of esters is 1. The van der Waals surface area contributed by atoms with Crippen molar-refractivity contribution < 1.29 is 17.9 Å². The first-order valence-corrected chi connectivity index (χ1v) is 7.37. The summed E-state index contributed by atoms with van der Waals surface area (Å²) >= 11 is 0. The monoisotopic (exact) mass is 245 g/mol. The van der Waals surface area contributed by atoms with E-state index in [0.29, 0.717) is 5.92 Å². The summed E-state index contributed by atoms with van der Waals surface area (Å²) in [7, 11) is -2.95. The minimum atomic E-state index is -2.95. The summed E-state index contributed by atoms with van der Waals surface area (Å²) < 4.78 is 27.5. The number of fused-ring (bicyclic) bond motifs is 1. The molecule has 90 valence electrons. The normalized spacial score (nSPS) is 41.9. The van der Waals surface area contributed by atoms with Gasteiger partial charge in [0.15, 0.2) is 9.84 Å². The lowest BCUT2D eigenvalue weighted by atomic mass is 9.74. The quantitative estimate of drug-likeness (QED) is 0.653. The van der Waals surface area contributed by atoms with Crippen LogP contribution in [0.5, 0.6) is 0 Å². The molecule has 0 aromatic heterocycles. The van der Waals surface area contributed by atoms with Crippen molar-refractivity contribution in [1.82, 2.24) is 5.32 Å². The van der Waals surface area contributed by atoms with Gasteiger partial charge in [0.1, 0.15) is 5.60 Å². The smallest absolute Gasteiger partial charge is 0.311 e. The summed E-state index contributed by atoms with van der Waals surface area (Å²) in [5, 5.41) is 3.24. The Balaban J connectivity index is 1.62. The van der Waals surface area contributed by atoms with Crippen molar-refractivity contribution in [2.24, 2.45) is 11.8 Å². The van der Waals surface area contributed by atoms with Crippen molar-refractivity contribution >= 4 is 15.8 Å². The molecule has 0 aromatic carbocycles. The predicted molar refractivity (Wildman–Crippen MR) is 56.5 cm³/mol. The van der Waals surface area contributed by atoms with Crippen LogP contribution in [-0.2, 0) is 19.4 Å². The average Bonchev–Trinajstić information content (AvgIpc) is 2.55. The van der Waals surface area contributed by atoms with Gasteiger partial charge in [-0.25, -0.2) is 8.42 Å². The first-order valence-electron chi connectivity index (χ1n) is 5.55. The molecule has 0 amide bonds. The fourth-order valence-corrected chi connectivity index (χ4v) is 4.98. The number of rotatable bonds is 2. The van der Waals surface area contributed by atoms with Gasteiger partial charge in [0.05, 0.1) is 17.4 Å². The summed E-state index contributed by atoms with van der Waals surface area (Å²) in [6.45, 7) is 2.58. The van der Waals surface area contributed by atoms with E-state index in [9.17, 15) is 13.2 Å². The zero-order valence-electron chi connectivity index (χ0n) is 9.10. The first-order chi connectivity index (χ1) is 7.39. The van der Waals surface area contributed by atoms with Crippen LogP contribution in [0.3, 0.4) is 0 Å². The number of sulfone groups is 1. The Labute approximate surface area is 94.5 Å². The topological polar surface area (TPSA) is 72.5 Å². The molecule has 0 spiro atoms. The molecule has 3 atom stereocenters. The van der Waals surface area contributed by atoms with E-state index in [4.69, 9.17) is 4.74 Å². The van der Waals surface area contributed by atoms with E-state index in [1.165, 1.54) is 0 Å². The number of nitrogens with one attached hydrogen (secondary N) is 1. The third-order valence-electron chi connectivity index (χ3n) is 3.81. The molecule has 16 heavy (non-hydrogen) atoms. The van der Waals surface area contributed by atoms with Gasteiger partial charge in [-0.3, -0.25) is 4.79 Å². The van der Waals surface area contributed by atoms with Crippen molar-refractivity contribution in [1.29, 1.82) is 0 Å². The highest BCUT2D eigenvalue weighted by molar-refractivity contribution is 7.93. The Morgan fingerprint density at radius 1 is 1.44 bits per heavy atom. The molecule has 3 aliphatic heterocycles. The fraction of sp³-hybridized carbons (Fsp3) is 0.900. The molecule has 3 unspecified atom stereocenters. The molecule has 1 aliphatic carbocycles. The Morgan fingerprint density at radius 3 is 2.56 bits per heavy atom. The van der Waals surface area contributed by atoms with Crippen molar-refractivity contribution in [3.05, 3.63) is 0 Å².